The summed E-state index contributed by atoms with van der Waals surface area (Å²) in [7, 11) is 0. The largest absolute Gasteiger partial charge is 0.323 e. The summed E-state index contributed by atoms with van der Waals surface area (Å²) in [6, 6.07) is 2.47. The molecule has 1 aliphatic heterocycles. The van der Waals surface area contributed by atoms with E-state index in [1.54, 1.807) is 11.8 Å². The van der Waals surface area contributed by atoms with E-state index in [0.29, 0.717) is 10.2 Å². The molecule has 2 nitrogen and oxygen atoms in total. The Labute approximate surface area is 116 Å². The van der Waals surface area contributed by atoms with Gasteiger partial charge in [-0.05, 0) is 46.7 Å². The van der Waals surface area contributed by atoms with Crippen molar-refractivity contribution in [2.45, 2.75) is 18.1 Å². The third-order valence-electron chi connectivity index (χ3n) is 2.48. The van der Waals surface area contributed by atoms with Crippen molar-refractivity contribution >= 4 is 50.9 Å². The second kappa shape index (κ2) is 5.59. The van der Waals surface area contributed by atoms with E-state index in [1.807, 2.05) is 0 Å². The van der Waals surface area contributed by atoms with Crippen LogP contribution in [-0.4, -0.2) is 16.9 Å². The van der Waals surface area contributed by atoms with Crippen molar-refractivity contribution < 1.29 is 9.18 Å². The molecule has 2 rings (SSSR count). The fourth-order valence-electron chi connectivity index (χ4n) is 1.65. The van der Waals surface area contributed by atoms with Crippen molar-refractivity contribution in [1.82, 2.24) is 0 Å². The van der Waals surface area contributed by atoms with Crippen LogP contribution in [0.3, 0.4) is 0 Å². The van der Waals surface area contributed by atoms with Crippen molar-refractivity contribution in [3.05, 3.63) is 27.4 Å². The zero-order valence-corrected chi connectivity index (χ0v) is 12.0. The molecule has 1 amide bonds. The summed E-state index contributed by atoms with van der Waals surface area (Å²) in [4.78, 5) is 11.9. The van der Waals surface area contributed by atoms with Crippen molar-refractivity contribution in [2.24, 2.45) is 0 Å². The Bertz CT molecular complexity index is 428. The highest BCUT2D eigenvalue weighted by Gasteiger charge is 2.24. The van der Waals surface area contributed by atoms with E-state index >= 15 is 0 Å². The van der Waals surface area contributed by atoms with E-state index in [0.717, 1.165) is 18.6 Å². The van der Waals surface area contributed by atoms with Crippen LogP contribution < -0.4 is 5.32 Å². The van der Waals surface area contributed by atoms with Gasteiger partial charge in [0.1, 0.15) is 5.82 Å². The Hall–Kier alpha value is -0.260. The quantitative estimate of drug-likeness (QED) is 0.880. The number of carbonyl (C=O) groups excluding carboxylic acids is 1. The summed E-state index contributed by atoms with van der Waals surface area (Å²) in [5.74, 6) is 0.507. The molecule has 1 saturated heterocycles. The van der Waals surface area contributed by atoms with Gasteiger partial charge in [0.15, 0.2) is 0 Å². The molecule has 0 bridgehead atoms. The maximum Gasteiger partial charge on any atom is 0.237 e. The molecule has 1 aliphatic rings. The molecule has 1 aromatic rings. The minimum absolute atomic E-state index is 0.0250. The molecule has 1 aromatic carbocycles. The van der Waals surface area contributed by atoms with Gasteiger partial charge in [0, 0.05) is 4.47 Å². The first-order valence-electron chi connectivity index (χ1n) is 5.15. The molecule has 1 N–H and O–H groups in total. The number of carbonyl (C=O) groups is 1. The molecule has 17 heavy (non-hydrogen) atoms. The lowest BCUT2D eigenvalue weighted by Gasteiger charge is -2.12. The molecular formula is C11H10BrClFNOS. The summed E-state index contributed by atoms with van der Waals surface area (Å²) < 4.78 is 13.5. The highest BCUT2D eigenvalue weighted by atomic mass is 79.9. The first-order chi connectivity index (χ1) is 8.08. The number of benzene rings is 1. The molecule has 0 saturated carbocycles. The van der Waals surface area contributed by atoms with E-state index in [9.17, 15) is 9.18 Å². The second-order valence-corrected chi connectivity index (χ2v) is 6.31. The van der Waals surface area contributed by atoms with E-state index in [2.05, 4.69) is 21.2 Å². The summed E-state index contributed by atoms with van der Waals surface area (Å²) >= 11 is 10.7. The molecule has 1 heterocycles. The number of rotatable bonds is 2. The smallest absolute Gasteiger partial charge is 0.237 e. The van der Waals surface area contributed by atoms with E-state index in [1.165, 1.54) is 12.1 Å². The third-order valence-corrected chi connectivity index (χ3v) is 4.78. The summed E-state index contributed by atoms with van der Waals surface area (Å²) in [5, 5.41) is 2.92. The van der Waals surface area contributed by atoms with Crippen LogP contribution in [0.4, 0.5) is 10.1 Å². The molecule has 1 atom stereocenters. The van der Waals surface area contributed by atoms with Crippen LogP contribution in [-0.2, 0) is 4.79 Å². The average molecular weight is 339 g/mol. The van der Waals surface area contributed by atoms with Crippen LogP contribution in [0.2, 0.25) is 5.02 Å². The Morgan fingerprint density at radius 2 is 2.35 bits per heavy atom. The minimum Gasteiger partial charge on any atom is -0.323 e. The second-order valence-electron chi connectivity index (χ2n) is 3.74. The average Bonchev–Trinajstić information content (AvgIpc) is 2.76. The molecule has 0 aliphatic carbocycles. The van der Waals surface area contributed by atoms with Crippen LogP contribution in [0.25, 0.3) is 0 Å². The van der Waals surface area contributed by atoms with Crippen LogP contribution in [0, 0.1) is 5.82 Å². The molecule has 0 aromatic heterocycles. The molecule has 0 radical (unpaired) electrons. The lowest BCUT2D eigenvalue weighted by Crippen LogP contribution is -2.23. The van der Waals surface area contributed by atoms with Gasteiger partial charge in [-0.15, -0.1) is 11.8 Å². The van der Waals surface area contributed by atoms with Crippen molar-refractivity contribution in [3.63, 3.8) is 0 Å². The van der Waals surface area contributed by atoms with E-state index < -0.39 is 5.82 Å². The van der Waals surface area contributed by atoms with Crippen LogP contribution in [0.5, 0.6) is 0 Å². The van der Waals surface area contributed by atoms with Gasteiger partial charge in [0.25, 0.3) is 0 Å². The van der Waals surface area contributed by atoms with Gasteiger partial charge in [-0.1, -0.05) is 11.6 Å². The molecule has 0 spiro atoms. The highest BCUT2D eigenvalue weighted by Crippen LogP contribution is 2.33. The maximum absolute atomic E-state index is 13.0. The monoisotopic (exact) mass is 337 g/mol. The first-order valence-corrected chi connectivity index (χ1v) is 7.37. The number of hydrogen-bond donors (Lipinski definition) is 1. The fraction of sp³-hybridized carbons (Fsp3) is 0.364. The van der Waals surface area contributed by atoms with Crippen LogP contribution in [0.1, 0.15) is 12.8 Å². The Balaban J connectivity index is 2.15. The maximum atomic E-state index is 13.0. The number of halogens is 3. The molecule has 92 valence electrons. The number of amides is 1. The Kier molecular flexibility index (Phi) is 4.33. The van der Waals surface area contributed by atoms with Gasteiger partial charge >= 0.3 is 0 Å². The van der Waals surface area contributed by atoms with Gasteiger partial charge in [0.2, 0.25) is 5.91 Å². The van der Waals surface area contributed by atoms with E-state index in [4.69, 9.17) is 11.6 Å². The molecular weight excluding hydrogens is 329 g/mol. The first kappa shape index (κ1) is 13.2. The Morgan fingerprint density at radius 3 is 2.94 bits per heavy atom. The summed E-state index contributed by atoms with van der Waals surface area (Å²) in [6.07, 6.45) is 1.94. The molecule has 6 heteroatoms. The van der Waals surface area contributed by atoms with Gasteiger partial charge < -0.3 is 5.32 Å². The number of anilines is 1. The van der Waals surface area contributed by atoms with E-state index in [-0.39, 0.29) is 16.2 Å². The zero-order chi connectivity index (χ0) is 12.4. The fourth-order valence-corrected chi connectivity index (χ4v) is 3.71. The lowest BCUT2D eigenvalue weighted by molar-refractivity contribution is -0.115. The molecule has 1 fully saturated rings. The zero-order valence-electron chi connectivity index (χ0n) is 8.80. The highest BCUT2D eigenvalue weighted by molar-refractivity contribution is 9.10. The topological polar surface area (TPSA) is 29.1 Å². The Morgan fingerprint density at radius 1 is 1.59 bits per heavy atom. The third kappa shape index (κ3) is 3.14. The predicted octanol–water partition coefficient (Wildman–Crippen LogP) is 4.08. The van der Waals surface area contributed by atoms with Gasteiger partial charge in [0.05, 0.1) is 16.0 Å². The van der Waals surface area contributed by atoms with Gasteiger partial charge in [-0.3, -0.25) is 4.79 Å². The number of thioether (sulfide) groups is 1. The van der Waals surface area contributed by atoms with Gasteiger partial charge in [-0.25, -0.2) is 4.39 Å². The minimum atomic E-state index is -0.435. The summed E-state index contributed by atoms with van der Waals surface area (Å²) in [5.41, 5.74) is 0.436. The molecule has 1 unspecified atom stereocenters. The van der Waals surface area contributed by atoms with Crippen molar-refractivity contribution in [2.75, 3.05) is 11.1 Å². The van der Waals surface area contributed by atoms with Crippen LogP contribution in [0.15, 0.2) is 16.6 Å². The van der Waals surface area contributed by atoms with Crippen molar-refractivity contribution in [3.8, 4) is 0 Å². The lowest BCUT2D eigenvalue weighted by atomic mass is 10.2. The van der Waals surface area contributed by atoms with Crippen molar-refractivity contribution in [1.29, 1.82) is 0 Å². The predicted molar refractivity (Wildman–Crippen MR) is 73.2 cm³/mol. The van der Waals surface area contributed by atoms with Gasteiger partial charge in [-0.2, -0.15) is 0 Å². The number of nitrogens with one attached hydrogen (secondary N) is 1. The SMILES string of the molecule is O=C(Nc1c(Cl)cc(F)cc1Br)C1CCCS1. The standard InChI is InChI=1S/C11H10BrClFNOS/c12-7-4-6(14)5-8(13)10(7)15-11(16)9-2-1-3-17-9/h4-5,9H,1-3H2,(H,15,16). The van der Waals surface area contributed by atoms with Crippen LogP contribution >= 0.6 is 39.3 Å². The number of hydrogen-bond acceptors (Lipinski definition) is 2. The summed E-state index contributed by atoms with van der Waals surface area (Å²) in [6.45, 7) is 0. The normalized spacial score (nSPS) is 19.4.